The highest BCUT2D eigenvalue weighted by Crippen LogP contribution is 2.24. The number of ether oxygens (including phenoxy) is 1. The summed E-state index contributed by atoms with van der Waals surface area (Å²) in [5, 5.41) is 15.7. The zero-order valence-corrected chi connectivity index (χ0v) is 16.4. The normalized spacial score (nSPS) is 16.0. The molecule has 0 saturated carbocycles. The van der Waals surface area contributed by atoms with Crippen LogP contribution in [0.15, 0.2) is 48.5 Å². The smallest absolute Gasteiger partial charge is 0.387 e. The lowest BCUT2D eigenvalue weighted by Gasteiger charge is -2.17. The van der Waals surface area contributed by atoms with Crippen LogP contribution < -0.4 is 4.74 Å². The molecular formula is C22H25F2NO5. The number of alkyl halides is 2. The number of aliphatic carboxylic acids is 1. The molecule has 1 atom stereocenters. The van der Waals surface area contributed by atoms with Gasteiger partial charge in [-0.15, -0.1) is 0 Å². The molecule has 162 valence electrons. The molecule has 1 heterocycles. The Labute approximate surface area is 173 Å². The van der Waals surface area contributed by atoms with Gasteiger partial charge < -0.3 is 14.9 Å². The van der Waals surface area contributed by atoms with Crippen LogP contribution in [0.1, 0.15) is 23.1 Å². The van der Waals surface area contributed by atoms with E-state index >= 15 is 0 Å². The van der Waals surface area contributed by atoms with Gasteiger partial charge in [-0.05, 0) is 54.1 Å². The van der Waals surface area contributed by atoms with Gasteiger partial charge in [0.05, 0.1) is 6.42 Å². The minimum absolute atomic E-state index is 0.0474. The first-order valence-electron chi connectivity index (χ1n) is 9.53. The van der Waals surface area contributed by atoms with Crippen molar-refractivity contribution in [1.82, 2.24) is 4.90 Å². The second kappa shape index (κ2) is 11.9. The molecule has 30 heavy (non-hydrogen) atoms. The topological polar surface area (TPSA) is 87.1 Å². The second-order valence-corrected chi connectivity index (χ2v) is 7.11. The summed E-state index contributed by atoms with van der Waals surface area (Å²) in [5.41, 5.74) is 2.99. The molecule has 8 heteroatoms. The van der Waals surface area contributed by atoms with E-state index in [0.717, 1.165) is 37.1 Å². The van der Waals surface area contributed by atoms with Crippen molar-refractivity contribution in [3.8, 4) is 5.75 Å². The van der Waals surface area contributed by atoms with Crippen LogP contribution >= 0.6 is 0 Å². The summed E-state index contributed by atoms with van der Waals surface area (Å²) >= 11 is 0. The van der Waals surface area contributed by atoms with E-state index in [1.165, 1.54) is 11.6 Å². The number of halogens is 2. The Morgan fingerprint density at radius 2 is 1.83 bits per heavy atom. The Bertz CT molecular complexity index is 813. The summed E-state index contributed by atoms with van der Waals surface area (Å²) < 4.78 is 29.1. The molecule has 0 radical (unpaired) electrons. The molecule has 1 unspecified atom stereocenters. The summed E-state index contributed by atoms with van der Waals surface area (Å²) in [6.07, 6.45) is 2.09. The van der Waals surface area contributed by atoms with Gasteiger partial charge in [0, 0.05) is 13.1 Å². The molecule has 6 nitrogen and oxygen atoms in total. The Kier molecular flexibility index (Phi) is 9.21. The summed E-state index contributed by atoms with van der Waals surface area (Å²) in [7, 11) is 0. The Balaban J connectivity index is 0.00000101. The van der Waals surface area contributed by atoms with Gasteiger partial charge in [-0.2, -0.15) is 8.78 Å². The fourth-order valence-electron chi connectivity index (χ4n) is 3.60. The minimum Gasteiger partial charge on any atom is -0.483 e. The predicted octanol–water partition coefficient (Wildman–Crippen LogP) is 3.68. The molecule has 0 aliphatic carbocycles. The molecule has 2 N–H and O–H groups in total. The lowest BCUT2D eigenvalue weighted by atomic mass is 9.97. The first-order chi connectivity index (χ1) is 14.4. The third kappa shape index (κ3) is 8.16. The summed E-state index contributed by atoms with van der Waals surface area (Å²) in [5.74, 6) is -0.0901. The molecule has 0 aromatic heterocycles. The molecule has 3 rings (SSSR count). The summed E-state index contributed by atoms with van der Waals surface area (Å²) in [6, 6.07) is 14.6. The lowest BCUT2D eigenvalue weighted by molar-refractivity contribution is -0.136. The predicted molar refractivity (Wildman–Crippen MR) is 107 cm³/mol. The average Bonchev–Trinajstić information content (AvgIpc) is 3.10. The van der Waals surface area contributed by atoms with Crippen molar-refractivity contribution in [2.45, 2.75) is 32.4 Å². The van der Waals surface area contributed by atoms with Crippen molar-refractivity contribution >= 4 is 12.4 Å². The molecule has 0 spiro atoms. The van der Waals surface area contributed by atoms with Gasteiger partial charge in [0.15, 0.2) is 0 Å². The second-order valence-electron chi connectivity index (χ2n) is 7.11. The molecule has 1 aliphatic rings. The molecule has 0 bridgehead atoms. The van der Waals surface area contributed by atoms with Gasteiger partial charge >= 0.3 is 12.6 Å². The maximum Gasteiger partial charge on any atom is 0.387 e. The van der Waals surface area contributed by atoms with E-state index in [0.29, 0.717) is 12.5 Å². The fourth-order valence-corrected chi connectivity index (χ4v) is 3.60. The standard InChI is InChI=1S/C21H23F2NO3.CH2O2/c22-21(23)27-19-3-1-2-17(11-19)13-24-9-8-18(14-24)10-15-4-6-16(7-5-15)12-20(25)26;2-1-3/h1-7,11,18,21H,8-10,12-14H2,(H,25,26);1H,(H,2,3). The van der Waals surface area contributed by atoms with Crippen LogP contribution in [-0.4, -0.2) is 47.3 Å². The number of carbonyl (C=O) groups is 2. The fraction of sp³-hybridized carbons (Fsp3) is 0.364. The number of likely N-dealkylation sites (tertiary alicyclic amines) is 1. The van der Waals surface area contributed by atoms with Crippen LogP contribution in [0.3, 0.4) is 0 Å². The Hall–Kier alpha value is -3.00. The van der Waals surface area contributed by atoms with Gasteiger partial charge in [0.2, 0.25) is 0 Å². The first kappa shape index (κ1) is 23.3. The highest BCUT2D eigenvalue weighted by molar-refractivity contribution is 5.70. The van der Waals surface area contributed by atoms with Crippen LogP contribution in [0, 0.1) is 5.92 Å². The summed E-state index contributed by atoms with van der Waals surface area (Å²) in [6.45, 7) is -0.411. The zero-order chi connectivity index (χ0) is 21.9. The number of hydrogen-bond acceptors (Lipinski definition) is 4. The number of hydrogen-bond donors (Lipinski definition) is 2. The number of nitrogens with zero attached hydrogens (tertiary/aromatic N) is 1. The van der Waals surface area contributed by atoms with Crippen molar-refractivity contribution < 1.29 is 33.3 Å². The highest BCUT2D eigenvalue weighted by Gasteiger charge is 2.22. The number of rotatable bonds is 8. The van der Waals surface area contributed by atoms with Gasteiger partial charge in [-0.3, -0.25) is 14.5 Å². The van der Waals surface area contributed by atoms with E-state index in [1.54, 1.807) is 12.1 Å². The van der Waals surface area contributed by atoms with Gasteiger partial charge in [0.1, 0.15) is 5.75 Å². The van der Waals surface area contributed by atoms with Crippen LogP contribution in [0.5, 0.6) is 5.75 Å². The molecular weight excluding hydrogens is 396 g/mol. The maximum absolute atomic E-state index is 12.3. The van der Waals surface area contributed by atoms with E-state index in [2.05, 4.69) is 9.64 Å². The Morgan fingerprint density at radius 3 is 2.47 bits per heavy atom. The van der Waals surface area contributed by atoms with Crippen LogP contribution in [-0.2, 0) is 29.0 Å². The number of carboxylic acid groups (broad SMARTS) is 2. The monoisotopic (exact) mass is 421 g/mol. The zero-order valence-electron chi connectivity index (χ0n) is 16.4. The average molecular weight is 421 g/mol. The number of carboxylic acids is 1. The van der Waals surface area contributed by atoms with Gasteiger partial charge in [0.25, 0.3) is 6.47 Å². The molecule has 0 amide bonds. The van der Waals surface area contributed by atoms with Crippen LogP contribution in [0.25, 0.3) is 0 Å². The molecule has 1 saturated heterocycles. The van der Waals surface area contributed by atoms with Crippen LogP contribution in [0.4, 0.5) is 8.78 Å². The van der Waals surface area contributed by atoms with Crippen molar-refractivity contribution in [2.24, 2.45) is 5.92 Å². The van der Waals surface area contributed by atoms with E-state index < -0.39 is 12.6 Å². The molecule has 1 aliphatic heterocycles. The van der Waals surface area contributed by atoms with Crippen LogP contribution in [0.2, 0.25) is 0 Å². The quantitative estimate of drug-likeness (QED) is 0.633. The van der Waals surface area contributed by atoms with Crippen molar-refractivity contribution in [3.63, 3.8) is 0 Å². The number of benzene rings is 2. The van der Waals surface area contributed by atoms with Gasteiger partial charge in [-0.1, -0.05) is 36.4 Å². The highest BCUT2D eigenvalue weighted by atomic mass is 19.3. The summed E-state index contributed by atoms with van der Waals surface area (Å²) in [4.78, 5) is 21.4. The third-order valence-electron chi connectivity index (χ3n) is 4.80. The largest absolute Gasteiger partial charge is 0.483 e. The first-order valence-corrected chi connectivity index (χ1v) is 9.53. The van der Waals surface area contributed by atoms with Gasteiger partial charge in [-0.25, -0.2) is 0 Å². The van der Waals surface area contributed by atoms with Crippen molar-refractivity contribution in [3.05, 3.63) is 65.2 Å². The Morgan fingerprint density at radius 1 is 1.17 bits per heavy atom. The van der Waals surface area contributed by atoms with E-state index in [-0.39, 0.29) is 18.6 Å². The maximum atomic E-state index is 12.3. The molecule has 1 fully saturated rings. The van der Waals surface area contributed by atoms with Crippen molar-refractivity contribution in [1.29, 1.82) is 0 Å². The van der Waals surface area contributed by atoms with E-state index in [4.69, 9.17) is 15.0 Å². The van der Waals surface area contributed by atoms with E-state index in [9.17, 15) is 13.6 Å². The third-order valence-corrected chi connectivity index (χ3v) is 4.80. The SMILES string of the molecule is O=C(O)Cc1ccc(CC2CCN(Cc3cccc(OC(F)F)c3)C2)cc1.O=CO. The lowest BCUT2D eigenvalue weighted by Crippen LogP contribution is -2.20. The van der Waals surface area contributed by atoms with Crippen molar-refractivity contribution in [2.75, 3.05) is 13.1 Å². The molecule has 2 aromatic rings. The minimum atomic E-state index is -2.81. The van der Waals surface area contributed by atoms with E-state index in [1.807, 2.05) is 30.3 Å². The molecule has 2 aromatic carbocycles.